The van der Waals surface area contributed by atoms with Crippen LogP contribution in [0.25, 0.3) is 11.4 Å². The highest BCUT2D eigenvalue weighted by Gasteiger charge is 2.20. The molecule has 5 heteroatoms. The van der Waals surface area contributed by atoms with Crippen LogP contribution in [0.1, 0.15) is 11.5 Å². The van der Waals surface area contributed by atoms with Crippen LogP contribution < -0.4 is 9.64 Å². The molecule has 4 rings (SSSR count). The van der Waals surface area contributed by atoms with Crippen molar-refractivity contribution >= 4 is 5.69 Å². The first kappa shape index (κ1) is 13.8. The summed E-state index contributed by atoms with van der Waals surface area (Å²) < 4.78 is 10.7. The lowest BCUT2D eigenvalue weighted by molar-refractivity contribution is 0.377. The number of aromatic nitrogens is 2. The van der Waals surface area contributed by atoms with E-state index in [2.05, 4.69) is 39.3 Å². The van der Waals surface area contributed by atoms with E-state index in [4.69, 9.17) is 9.26 Å². The number of hydrogen-bond acceptors (Lipinski definition) is 5. The molecule has 0 saturated carbocycles. The van der Waals surface area contributed by atoms with Gasteiger partial charge in [-0.3, -0.25) is 0 Å². The molecule has 3 aromatic rings. The Hall–Kier alpha value is -2.82. The van der Waals surface area contributed by atoms with E-state index in [1.54, 1.807) is 7.11 Å². The van der Waals surface area contributed by atoms with Crippen LogP contribution in [0, 0.1) is 0 Å². The van der Waals surface area contributed by atoms with Gasteiger partial charge in [-0.25, -0.2) is 0 Å². The lowest BCUT2D eigenvalue weighted by atomic mass is 10.2. The summed E-state index contributed by atoms with van der Waals surface area (Å²) in [6.45, 7) is 1.62. The summed E-state index contributed by atoms with van der Waals surface area (Å²) in [5, 5.41) is 4.09. The van der Waals surface area contributed by atoms with Crippen molar-refractivity contribution in [3.63, 3.8) is 0 Å². The molecule has 0 bridgehead atoms. The van der Waals surface area contributed by atoms with Gasteiger partial charge in [0.05, 0.1) is 13.7 Å². The lowest BCUT2D eigenvalue weighted by Gasteiger charge is -2.16. The van der Waals surface area contributed by atoms with Gasteiger partial charge in [0.1, 0.15) is 5.75 Å². The fraction of sp³-hybridized carbons (Fsp3) is 0.222. The fourth-order valence-electron chi connectivity index (χ4n) is 2.93. The zero-order chi connectivity index (χ0) is 15.6. The van der Waals surface area contributed by atoms with Crippen molar-refractivity contribution in [3.8, 4) is 17.1 Å². The maximum atomic E-state index is 5.43. The molecule has 0 spiro atoms. The summed E-state index contributed by atoms with van der Waals surface area (Å²) in [5.41, 5.74) is 3.52. The molecule has 0 aliphatic carbocycles. The van der Waals surface area contributed by atoms with E-state index in [0.717, 1.165) is 24.3 Å². The second-order valence-corrected chi connectivity index (χ2v) is 5.54. The molecule has 0 fully saturated rings. The first-order chi connectivity index (χ1) is 11.3. The van der Waals surface area contributed by atoms with Gasteiger partial charge >= 0.3 is 0 Å². The van der Waals surface area contributed by atoms with E-state index >= 15 is 0 Å². The van der Waals surface area contributed by atoms with Crippen molar-refractivity contribution in [3.05, 3.63) is 60.0 Å². The second kappa shape index (κ2) is 5.76. The zero-order valence-electron chi connectivity index (χ0n) is 12.9. The Bertz CT molecular complexity index is 828. The number of methoxy groups -OCH3 is 1. The lowest BCUT2D eigenvalue weighted by Crippen LogP contribution is -2.19. The Morgan fingerprint density at radius 3 is 3.00 bits per heavy atom. The Balaban J connectivity index is 1.55. The number of para-hydroxylation sites is 1. The third-order valence-electron chi connectivity index (χ3n) is 4.11. The summed E-state index contributed by atoms with van der Waals surface area (Å²) in [6, 6.07) is 16.1. The molecule has 1 aromatic heterocycles. The van der Waals surface area contributed by atoms with Gasteiger partial charge in [0, 0.05) is 17.8 Å². The van der Waals surface area contributed by atoms with E-state index in [0.29, 0.717) is 18.3 Å². The van der Waals surface area contributed by atoms with Crippen LogP contribution in [0.5, 0.6) is 5.75 Å². The van der Waals surface area contributed by atoms with Gasteiger partial charge in [-0.15, -0.1) is 0 Å². The molecule has 0 amide bonds. The van der Waals surface area contributed by atoms with Crippen LogP contribution in [0.2, 0.25) is 0 Å². The minimum Gasteiger partial charge on any atom is -0.497 e. The summed E-state index contributed by atoms with van der Waals surface area (Å²) in [6.07, 6.45) is 1.06. The minimum absolute atomic E-state index is 0.589. The smallest absolute Gasteiger partial charge is 0.246 e. The van der Waals surface area contributed by atoms with Crippen LogP contribution in [0.3, 0.4) is 0 Å². The van der Waals surface area contributed by atoms with E-state index in [1.165, 1.54) is 11.3 Å². The minimum atomic E-state index is 0.589. The number of rotatable bonds is 4. The van der Waals surface area contributed by atoms with Crippen LogP contribution >= 0.6 is 0 Å². The van der Waals surface area contributed by atoms with Crippen molar-refractivity contribution in [2.75, 3.05) is 18.6 Å². The van der Waals surface area contributed by atoms with Gasteiger partial charge in [-0.05, 0) is 30.2 Å². The molecule has 5 nitrogen and oxygen atoms in total. The van der Waals surface area contributed by atoms with Crippen molar-refractivity contribution in [1.29, 1.82) is 0 Å². The van der Waals surface area contributed by atoms with Gasteiger partial charge < -0.3 is 14.2 Å². The number of nitrogens with zero attached hydrogens (tertiary/aromatic N) is 3. The third kappa shape index (κ3) is 2.65. The predicted molar refractivity (Wildman–Crippen MR) is 87.5 cm³/mol. The molecule has 0 radical (unpaired) electrons. The van der Waals surface area contributed by atoms with Crippen LogP contribution in [0.15, 0.2) is 53.1 Å². The molecule has 0 saturated heterocycles. The molecule has 2 heterocycles. The number of ether oxygens (including phenoxy) is 1. The summed E-state index contributed by atoms with van der Waals surface area (Å²) in [7, 11) is 1.64. The van der Waals surface area contributed by atoms with Gasteiger partial charge in [-0.1, -0.05) is 35.5 Å². The predicted octanol–water partition coefficient (Wildman–Crippen LogP) is 3.31. The monoisotopic (exact) mass is 307 g/mol. The summed E-state index contributed by atoms with van der Waals surface area (Å²) >= 11 is 0. The highest BCUT2D eigenvalue weighted by atomic mass is 16.5. The van der Waals surface area contributed by atoms with Crippen molar-refractivity contribution in [1.82, 2.24) is 10.1 Å². The van der Waals surface area contributed by atoms with Gasteiger partial charge in [0.15, 0.2) is 0 Å². The Morgan fingerprint density at radius 1 is 1.17 bits per heavy atom. The molecule has 1 aliphatic rings. The van der Waals surface area contributed by atoms with Crippen LogP contribution in [-0.2, 0) is 13.0 Å². The topological polar surface area (TPSA) is 51.4 Å². The number of fused-ring (bicyclic) bond motifs is 1. The van der Waals surface area contributed by atoms with Crippen LogP contribution in [-0.4, -0.2) is 23.8 Å². The molecule has 0 N–H and O–H groups in total. The maximum absolute atomic E-state index is 5.43. The highest BCUT2D eigenvalue weighted by Crippen LogP contribution is 2.29. The van der Waals surface area contributed by atoms with Crippen molar-refractivity contribution in [2.24, 2.45) is 0 Å². The van der Waals surface area contributed by atoms with Crippen molar-refractivity contribution < 1.29 is 9.26 Å². The number of benzene rings is 2. The average Bonchev–Trinajstić information content (AvgIpc) is 3.23. The SMILES string of the molecule is COc1cccc(-c2noc(CN3CCc4ccccc43)n2)c1. The Kier molecular flexibility index (Phi) is 3.46. The molecule has 0 unspecified atom stereocenters. The maximum Gasteiger partial charge on any atom is 0.246 e. The van der Waals surface area contributed by atoms with E-state index < -0.39 is 0 Å². The van der Waals surface area contributed by atoms with Crippen molar-refractivity contribution in [2.45, 2.75) is 13.0 Å². The largest absolute Gasteiger partial charge is 0.497 e. The molecule has 2 aromatic carbocycles. The molecule has 23 heavy (non-hydrogen) atoms. The first-order valence-corrected chi connectivity index (χ1v) is 7.63. The number of anilines is 1. The Morgan fingerprint density at radius 2 is 2.09 bits per heavy atom. The van der Waals surface area contributed by atoms with Gasteiger partial charge in [0.2, 0.25) is 11.7 Å². The highest BCUT2D eigenvalue weighted by molar-refractivity contribution is 5.58. The standard InChI is InChI=1S/C18H17N3O2/c1-22-15-7-4-6-14(11-15)18-19-17(23-20-18)12-21-10-9-13-5-2-3-8-16(13)21/h2-8,11H,9-10,12H2,1H3. The van der Waals surface area contributed by atoms with E-state index in [1.807, 2.05) is 24.3 Å². The van der Waals surface area contributed by atoms with Gasteiger partial charge in [0.25, 0.3) is 0 Å². The molecule has 1 aliphatic heterocycles. The zero-order valence-corrected chi connectivity index (χ0v) is 12.9. The molecular weight excluding hydrogens is 290 g/mol. The van der Waals surface area contributed by atoms with E-state index in [9.17, 15) is 0 Å². The van der Waals surface area contributed by atoms with E-state index in [-0.39, 0.29) is 0 Å². The molecular formula is C18H17N3O2. The second-order valence-electron chi connectivity index (χ2n) is 5.54. The molecule has 116 valence electrons. The third-order valence-corrected chi connectivity index (χ3v) is 4.11. The van der Waals surface area contributed by atoms with Crippen LogP contribution in [0.4, 0.5) is 5.69 Å². The number of hydrogen-bond donors (Lipinski definition) is 0. The first-order valence-electron chi connectivity index (χ1n) is 7.63. The summed E-state index contributed by atoms with van der Waals surface area (Å²) in [4.78, 5) is 6.79. The normalized spacial score (nSPS) is 13.2. The molecule has 0 atom stereocenters. The fourth-order valence-corrected chi connectivity index (χ4v) is 2.93. The summed E-state index contributed by atoms with van der Waals surface area (Å²) in [5.74, 6) is 1.99. The average molecular weight is 307 g/mol. The Labute approximate surface area is 134 Å². The quantitative estimate of drug-likeness (QED) is 0.740. The van der Waals surface area contributed by atoms with Gasteiger partial charge in [-0.2, -0.15) is 4.98 Å².